The highest BCUT2D eigenvalue weighted by molar-refractivity contribution is 6.08. The number of nitrogens with zero attached hydrogens (tertiary/aromatic N) is 3. The molecule has 1 aromatic heterocycles. The van der Waals surface area contributed by atoms with Crippen LogP contribution in [0.15, 0.2) is 42.5 Å². The average Bonchev–Trinajstić information content (AvgIpc) is 3.00. The molecule has 0 aliphatic carbocycles. The molecular weight excluding hydrogens is 308 g/mol. The molecule has 1 fully saturated rings. The van der Waals surface area contributed by atoms with Crippen molar-refractivity contribution in [1.82, 2.24) is 14.8 Å². The van der Waals surface area contributed by atoms with Gasteiger partial charge in [0, 0.05) is 60.6 Å². The van der Waals surface area contributed by atoms with E-state index >= 15 is 0 Å². The van der Waals surface area contributed by atoms with Crippen LogP contribution < -0.4 is 5.32 Å². The summed E-state index contributed by atoms with van der Waals surface area (Å²) in [6.07, 6.45) is 0.540. The highest BCUT2D eigenvalue weighted by Gasteiger charge is 2.23. The van der Waals surface area contributed by atoms with E-state index in [2.05, 4.69) is 70.2 Å². The van der Waals surface area contributed by atoms with E-state index in [1.54, 1.807) is 0 Å². The predicted molar refractivity (Wildman–Crippen MR) is 103 cm³/mol. The van der Waals surface area contributed by atoms with E-state index in [9.17, 15) is 5.26 Å². The second-order valence-electron chi connectivity index (χ2n) is 6.70. The first-order valence-corrected chi connectivity index (χ1v) is 9.16. The van der Waals surface area contributed by atoms with E-state index < -0.39 is 0 Å². The molecule has 0 unspecified atom stereocenters. The molecule has 2 aromatic carbocycles. The van der Waals surface area contributed by atoms with Crippen molar-refractivity contribution in [3.63, 3.8) is 0 Å². The SMILES string of the molecule is CCn1c2ccccc2c2cc([C@H](CC#N)N3CCNCC3)ccc21. The molecule has 1 aliphatic heterocycles. The highest BCUT2D eigenvalue weighted by Crippen LogP contribution is 2.33. The van der Waals surface area contributed by atoms with Gasteiger partial charge in [-0.15, -0.1) is 0 Å². The van der Waals surface area contributed by atoms with Crippen LogP contribution in [0, 0.1) is 11.3 Å². The maximum absolute atomic E-state index is 9.36. The Bertz CT molecular complexity index is 928. The fourth-order valence-electron chi connectivity index (χ4n) is 4.16. The molecule has 4 nitrogen and oxygen atoms in total. The van der Waals surface area contributed by atoms with Gasteiger partial charge >= 0.3 is 0 Å². The normalized spacial score (nSPS) is 17.0. The summed E-state index contributed by atoms with van der Waals surface area (Å²) in [4.78, 5) is 2.44. The number of benzene rings is 2. The van der Waals surface area contributed by atoms with Gasteiger partial charge in [0.1, 0.15) is 0 Å². The van der Waals surface area contributed by atoms with Crippen LogP contribution in [0.2, 0.25) is 0 Å². The molecule has 4 rings (SSSR count). The van der Waals surface area contributed by atoms with Gasteiger partial charge in [-0.1, -0.05) is 24.3 Å². The predicted octanol–water partition coefficient (Wildman–Crippen LogP) is 3.67. The Hall–Kier alpha value is -2.35. The number of nitrogens with one attached hydrogen (secondary N) is 1. The third-order valence-corrected chi connectivity index (χ3v) is 5.37. The zero-order valence-electron chi connectivity index (χ0n) is 14.7. The van der Waals surface area contributed by atoms with Crippen LogP contribution in [0.4, 0.5) is 0 Å². The first-order chi connectivity index (χ1) is 12.3. The maximum Gasteiger partial charge on any atom is 0.0641 e. The molecule has 0 bridgehead atoms. The zero-order chi connectivity index (χ0) is 17.2. The lowest BCUT2D eigenvalue weighted by molar-refractivity contribution is 0.176. The molecule has 2 heterocycles. The minimum atomic E-state index is 0.181. The molecule has 1 aliphatic rings. The highest BCUT2D eigenvalue weighted by atomic mass is 15.2. The summed E-state index contributed by atoms with van der Waals surface area (Å²) in [5, 5.41) is 15.4. The van der Waals surface area contributed by atoms with Crippen LogP contribution in [0.1, 0.15) is 24.9 Å². The minimum absolute atomic E-state index is 0.181. The second kappa shape index (κ2) is 6.87. The summed E-state index contributed by atoms with van der Waals surface area (Å²) >= 11 is 0. The molecule has 0 radical (unpaired) electrons. The Labute approximate surface area is 148 Å². The molecule has 1 atom stereocenters. The number of nitriles is 1. The summed E-state index contributed by atoms with van der Waals surface area (Å²) in [6.45, 7) is 7.16. The number of hydrogen-bond acceptors (Lipinski definition) is 3. The Balaban J connectivity index is 1.84. The topological polar surface area (TPSA) is 44.0 Å². The lowest BCUT2D eigenvalue weighted by Gasteiger charge is -2.34. The quantitative estimate of drug-likeness (QED) is 0.793. The second-order valence-corrected chi connectivity index (χ2v) is 6.70. The first-order valence-electron chi connectivity index (χ1n) is 9.16. The minimum Gasteiger partial charge on any atom is -0.341 e. The Morgan fingerprint density at radius 3 is 2.60 bits per heavy atom. The summed E-state index contributed by atoms with van der Waals surface area (Å²) in [5.74, 6) is 0. The molecule has 0 amide bonds. The number of para-hydroxylation sites is 1. The lowest BCUT2D eigenvalue weighted by Crippen LogP contribution is -2.45. The van der Waals surface area contributed by atoms with Crippen molar-refractivity contribution in [2.45, 2.75) is 25.9 Å². The Morgan fingerprint density at radius 1 is 1.08 bits per heavy atom. The standard InChI is InChI=1S/C21H24N4/c1-2-25-20-6-4-3-5-17(20)18-15-16(7-8-21(18)25)19(9-10-22)24-13-11-23-12-14-24/h3-8,15,19,23H,2,9,11-14H2,1H3/t19-/m0/s1. The molecule has 4 heteroatoms. The molecule has 1 saturated heterocycles. The van der Waals surface area contributed by atoms with Crippen LogP contribution in [-0.2, 0) is 6.54 Å². The molecule has 128 valence electrons. The number of piperazine rings is 1. The van der Waals surface area contributed by atoms with Gasteiger partial charge in [0.25, 0.3) is 0 Å². The number of rotatable bonds is 4. The number of hydrogen-bond donors (Lipinski definition) is 1. The number of fused-ring (bicyclic) bond motifs is 3. The van der Waals surface area contributed by atoms with Gasteiger partial charge in [-0.05, 0) is 30.7 Å². The van der Waals surface area contributed by atoms with Crippen LogP contribution in [0.5, 0.6) is 0 Å². The van der Waals surface area contributed by atoms with Crippen molar-refractivity contribution >= 4 is 21.8 Å². The van der Waals surface area contributed by atoms with Crippen molar-refractivity contribution in [1.29, 1.82) is 5.26 Å². The van der Waals surface area contributed by atoms with Crippen molar-refractivity contribution in [3.05, 3.63) is 48.0 Å². The molecular formula is C21H24N4. The van der Waals surface area contributed by atoms with E-state index in [0.717, 1.165) is 32.7 Å². The Morgan fingerprint density at radius 2 is 1.84 bits per heavy atom. The third kappa shape index (κ3) is 2.80. The van der Waals surface area contributed by atoms with Gasteiger partial charge in [-0.3, -0.25) is 4.90 Å². The van der Waals surface area contributed by atoms with E-state index in [0.29, 0.717) is 6.42 Å². The van der Waals surface area contributed by atoms with Crippen LogP contribution in [0.25, 0.3) is 21.8 Å². The van der Waals surface area contributed by atoms with E-state index in [1.165, 1.54) is 27.4 Å². The van der Waals surface area contributed by atoms with Gasteiger partial charge in [0.05, 0.1) is 12.5 Å². The number of aromatic nitrogens is 1. The summed E-state index contributed by atoms with van der Waals surface area (Å²) in [5.41, 5.74) is 3.83. The third-order valence-electron chi connectivity index (χ3n) is 5.37. The molecule has 0 saturated carbocycles. The average molecular weight is 332 g/mol. The van der Waals surface area contributed by atoms with E-state index in [1.807, 2.05) is 0 Å². The van der Waals surface area contributed by atoms with Crippen molar-refractivity contribution in [3.8, 4) is 6.07 Å². The van der Waals surface area contributed by atoms with E-state index in [-0.39, 0.29) is 6.04 Å². The summed E-state index contributed by atoms with van der Waals surface area (Å²) in [7, 11) is 0. The van der Waals surface area contributed by atoms with Crippen LogP contribution in [0.3, 0.4) is 0 Å². The van der Waals surface area contributed by atoms with Crippen LogP contribution >= 0.6 is 0 Å². The molecule has 3 aromatic rings. The molecule has 0 spiro atoms. The van der Waals surface area contributed by atoms with Crippen LogP contribution in [-0.4, -0.2) is 35.6 Å². The Kier molecular flexibility index (Phi) is 4.44. The van der Waals surface area contributed by atoms with Gasteiger partial charge in [0.15, 0.2) is 0 Å². The molecule has 25 heavy (non-hydrogen) atoms. The fraction of sp³-hybridized carbons (Fsp3) is 0.381. The summed E-state index contributed by atoms with van der Waals surface area (Å²) in [6, 6.07) is 18.0. The van der Waals surface area contributed by atoms with E-state index in [4.69, 9.17) is 0 Å². The van der Waals surface area contributed by atoms with Gasteiger partial charge in [-0.2, -0.15) is 5.26 Å². The van der Waals surface area contributed by atoms with Gasteiger partial charge in [-0.25, -0.2) is 0 Å². The largest absolute Gasteiger partial charge is 0.341 e. The van der Waals surface area contributed by atoms with Gasteiger partial charge < -0.3 is 9.88 Å². The monoisotopic (exact) mass is 332 g/mol. The van der Waals surface area contributed by atoms with Crippen molar-refractivity contribution < 1.29 is 0 Å². The molecule has 1 N–H and O–H groups in total. The maximum atomic E-state index is 9.36. The number of aryl methyl sites for hydroxylation is 1. The zero-order valence-corrected chi connectivity index (χ0v) is 14.7. The smallest absolute Gasteiger partial charge is 0.0641 e. The summed E-state index contributed by atoms with van der Waals surface area (Å²) < 4.78 is 2.37. The van der Waals surface area contributed by atoms with Gasteiger partial charge in [0.2, 0.25) is 0 Å². The van der Waals surface area contributed by atoms with Crippen molar-refractivity contribution in [2.24, 2.45) is 0 Å². The first kappa shape index (κ1) is 16.1. The lowest BCUT2D eigenvalue weighted by atomic mass is 9.99. The fourth-order valence-corrected chi connectivity index (χ4v) is 4.16. The van der Waals surface area contributed by atoms with Crippen molar-refractivity contribution in [2.75, 3.05) is 26.2 Å².